The minimum absolute atomic E-state index is 0.0158. The molecule has 5 heteroatoms. The molecule has 110 valence electrons. The molecule has 0 radical (unpaired) electrons. The van der Waals surface area contributed by atoms with Gasteiger partial charge in [-0.3, -0.25) is 4.79 Å². The number of hydrogen-bond acceptors (Lipinski definition) is 4. The summed E-state index contributed by atoms with van der Waals surface area (Å²) in [5, 5.41) is 14.2. The van der Waals surface area contributed by atoms with Gasteiger partial charge in [0, 0.05) is 12.6 Å². The van der Waals surface area contributed by atoms with Gasteiger partial charge in [0.1, 0.15) is 0 Å². The Labute approximate surface area is 123 Å². The molecule has 0 spiro atoms. The molecule has 0 atom stereocenters. The topological polar surface area (TPSA) is 64.3 Å². The van der Waals surface area contributed by atoms with Crippen molar-refractivity contribution in [3.63, 3.8) is 0 Å². The Balaban J connectivity index is 2.95. The lowest BCUT2D eigenvalue weighted by Crippen LogP contribution is -2.22. The Kier molecular flexibility index (Phi) is 3.84. The van der Waals surface area contributed by atoms with Crippen molar-refractivity contribution in [1.82, 2.24) is 9.78 Å². The third kappa shape index (κ3) is 2.42. The largest absolute Gasteiger partial charge is 0.502 e. The third-order valence-electron chi connectivity index (χ3n) is 3.36. The Hall–Kier alpha value is -2.56. The normalized spacial score (nSPS) is 10.5. The van der Waals surface area contributed by atoms with Crippen molar-refractivity contribution in [2.24, 2.45) is 7.05 Å². The molecule has 0 aliphatic heterocycles. The Morgan fingerprint density at radius 2 is 2.00 bits per heavy atom. The quantitative estimate of drug-likeness (QED) is 0.941. The number of aromatic nitrogens is 2. The number of methoxy groups -OCH3 is 1. The summed E-state index contributed by atoms with van der Waals surface area (Å²) in [7, 11) is 2.91. The van der Waals surface area contributed by atoms with Gasteiger partial charge in [0.05, 0.1) is 12.7 Å². The lowest BCUT2D eigenvalue weighted by molar-refractivity contribution is 0.345. The number of rotatable bonds is 3. The summed E-state index contributed by atoms with van der Waals surface area (Å²) in [6.45, 7) is 7.64. The fourth-order valence-electron chi connectivity index (χ4n) is 2.46. The van der Waals surface area contributed by atoms with E-state index in [4.69, 9.17) is 4.74 Å². The van der Waals surface area contributed by atoms with E-state index in [1.54, 1.807) is 6.08 Å². The van der Waals surface area contributed by atoms with E-state index in [2.05, 4.69) is 11.7 Å². The van der Waals surface area contributed by atoms with Crippen molar-refractivity contribution < 1.29 is 9.84 Å². The molecule has 0 saturated carbocycles. The van der Waals surface area contributed by atoms with Gasteiger partial charge in [0.25, 0.3) is 11.4 Å². The monoisotopic (exact) mass is 286 g/mol. The van der Waals surface area contributed by atoms with Crippen LogP contribution in [0.1, 0.15) is 16.7 Å². The highest BCUT2D eigenvalue weighted by atomic mass is 16.5. The second kappa shape index (κ2) is 5.44. The minimum Gasteiger partial charge on any atom is -0.502 e. The van der Waals surface area contributed by atoms with E-state index >= 15 is 0 Å². The molecule has 1 aromatic carbocycles. The first-order chi connectivity index (χ1) is 9.90. The van der Waals surface area contributed by atoms with E-state index < -0.39 is 0 Å². The van der Waals surface area contributed by atoms with Crippen molar-refractivity contribution in [2.45, 2.75) is 13.8 Å². The standard InChI is InChI=1S/C16H18N2O3/c1-6-11-8-9(2)7-10(3)12(11)13-14(19)15(21-5)17-18(4)16(13)20/h6-8,19H,1H2,2-5H3. The number of aromatic hydroxyl groups is 1. The summed E-state index contributed by atoms with van der Waals surface area (Å²) in [4.78, 5) is 12.4. The molecule has 2 aromatic rings. The van der Waals surface area contributed by atoms with Gasteiger partial charge >= 0.3 is 0 Å². The molecular weight excluding hydrogens is 268 g/mol. The van der Waals surface area contributed by atoms with Gasteiger partial charge in [-0.25, -0.2) is 4.68 Å². The lowest BCUT2D eigenvalue weighted by Gasteiger charge is -2.15. The maximum absolute atomic E-state index is 12.4. The van der Waals surface area contributed by atoms with Crippen molar-refractivity contribution in [2.75, 3.05) is 7.11 Å². The van der Waals surface area contributed by atoms with Crippen LogP contribution in [0, 0.1) is 13.8 Å². The highest BCUT2D eigenvalue weighted by Crippen LogP contribution is 2.36. The molecule has 0 bridgehead atoms. The second-order valence-corrected chi connectivity index (χ2v) is 4.91. The molecule has 2 rings (SSSR count). The van der Waals surface area contributed by atoms with Gasteiger partial charge in [-0.2, -0.15) is 0 Å². The average Bonchev–Trinajstić information content (AvgIpc) is 2.44. The van der Waals surface area contributed by atoms with Crippen molar-refractivity contribution in [1.29, 1.82) is 0 Å². The molecule has 0 unspecified atom stereocenters. The van der Waals surface area contributed by atoms with Crippen molar-refractivity contribution >= 4 is 6.08 Å². The highest BCUT2D eigenvalue weighted by Gasteiger charge is 2.21. The number of nitrogens with zero attached hydrogens (tertiary/aromatic N) is 2. The number of aryl methyl sites for hydroxylation is 3. The molecule has 5 nitrogen and oxygen atoms in total. The summed E-state index contributed by atoms with van der Waals surface area (Å²) in [6.07, 6.45) is 1.67. The van der Waals surface area contributed by atoms with Crippen LogP contribution in [0.15, 0.2) is 23.5 Å². The molecule has 1 aromatic heterocycles. The molecule has 21 heavy (non-hydrogen) atoms. The summed E-state index contributed by atoms with van der Waals surface area (Å²) in [6, 6.07) is 3.87. The average molecular weight is 286 g/mol. The van der Waals surface area contributed by atoms with Crippen LogP contribution in [0.3, 0.4) is 0 Å². The zero-order chi connectivity index (χ0) is 15.7. The lowest BCUT2D eigenvalue weighted by atomic mass is 9.93. The maximum atomic E-state index is 12.4. The molecule has 1 heterocycles. The Morgan fingerprint density at radius 1 is 1.33 bits per heavy atom. The van der Waals surface area contributed by atoms with E-state index in [9.17, 15) is 9.90 Å². The van der Waals surface area contributed by atoms with Gasteiger partial charge in [-0.1, -0.05) is 30.4 Å². The van der Waals surface area contributed by atoms with E-state index in [-0.39, 0.29) is 22.8 Å². The zero-order valence-corrected chi connectivity index (χ0v) is 12.6. The number of ether oxygens (including phenoxy) is 1. The predicted octanol–water partition coefficient (Wildman–Crippen LogP) is 2.42. The van der Waals surface area contributed by atoms with Gasteiger partial charge in [-0.05, 0) is 25.0 Å². The fourth-order valence-corrected chi connectivity index (χ4v) is 2.46. The van der Waals surface area contributed by atoms with Crippen molar-refractivity contribution in [3.05, 3.63) is 45.8 Å². The summed E-state index contributed by atoms with van der Waals surface area (Å²) >= 11 is 0. The highest BCUT2D eigenvalue weighted by molar-refractivity contribution is 5.82. The van der Waals surface area contributed by atoms with Gasteiger partial charge in [-0.15, -0.1) is 5.10 Å². The van der Waals surface area contributed by atoms with Crippen LogP contribution in [-0.4, -0.2) is 22.0 Å². The molecule has 0 aliphatic rings. The predicted molar refractivity (Wildman–Crippen MR) is 82.7 cm³/mol. The maximum Gasteiger partial charge on any atom is 0.278 e. The van der Waals surface area contributed by atoms with E-state index in [0.717, 1.165) is 21.4 Å². The van der Waals surface area contributed by atoms with Crippen LogP contribution in [0.25, 0.3) is 17.2 Å². The van der Waals surface area contributed by atoms with Crippen molar-refractivity contribution in [3.8, 4) is 22.8 Å². The first kappa shape index (κ1) is 14.8. The van der Waals surface area contributed by atoms with Crippen LogP contribution < -0.4 is 10.3 Å². The third-order valence-corrected chi connectivity index (χ3v) is 3.36. The van der Waals surface area contributed by atoms with Gasteiger partial charge in [0.2, 0.25) is 0 Å². The summed E-state index contributed by atoms with van der Waals surface area (Å²) < 4.78 is 6.19. The Bertz CT molecular complexity index is 776. The van der Waals surface area contributed by atoms with E-state index in [1.165, 1.54) is 14.2 Å². The molecule has 0 fully saturated rings. The van der Waals surface area contributed by atoms with Gasteiger partial charge in [0.15, 0.2) is 5.75 Å². The first-order valence-corrected chi connectivity index (χ1v) is 6.49. The fraction of sp³-hybridized carbons (Fsp3) is 0.250. The zero-order valence-electron chi connectivity index (χ0n) is 12.6. The number of benzene rings is 1. The molecule has 0 amide bonds. The SMILES string of the molecule is C=Cc1cc(C)cc(C)c1-c1c(O)c(OC)nn(C)c1=O. The molecule has 1 N–H and O–H groups in total. The van der Waals surface area contributed by atoms with E-state index in [0.29, 0.717) is 5.56 Å². The van der Waals surface area contributed by atoms with Crippen LogP contribution >= 0.6 is 0 Å². The first-order valence-electron chi connectivity index (χ1n) is 6.49. The smallest absolute Gasteiger partial charge is 0.278 e. The summed E-state index contributed by atoms with van der Waals surface area (Å²) in [5.74, 6) is -0.238. The molecule has 0 saturated heterocycles. The molecule has 0 aliphatic carbocycles. The number of hydrogen-bond donors (Lipinski definition) is 1. The minimum atomic E-state index is -0.386. The molecular formula is C16H18N2O3. The van der Waals surface area contributed by atoms with Crippen LogP contribution in [0.4, 0.5) is 0 Å². The Morgan fingerprint density at radius 3 is 2.57 bits per heavy atom. The van der Waals surface area contributed by atoms with Gasteiger partial charge < -0.3 is 9.84 Å². The van der Waals surface area contributed by atoms with E-state index in [1.807, 2.05) is 26.0 Å². The second-order valence-electron chi connectivity index (χ2n) is 4.91. The van der Waals surface area contributed by atoms with Crippen LogP contribution in [-0.2, 0) is 7.05 Å². The summed E-state index contributed by atoms with van der Waals surface area (Å²) in [5.41, 5.74) is 3.16. The van der Waals surface area contributed by atoms with Crippen LogP contribution in [0.5, 0.6) is 11.6 Å². The van der Waals surface area contributed by atoms with Crippen LogP contribution in [0.2, 0.25) is 0 Å².